The van der Waals surface area contributed by atoms with Crippen LogP contribution in [-0.2, 0) is 16.0 Å². The molecule has 0 saturated heterocycles. The normalized spacial score (nSPS) is 12.8. The van der Waals surface area contributed by atoms with Gasteiger partial charge < -0.3 is 5.32 Å². The van der Waals surface area contributed by atoms with Gasteiger partial charge in [0.05, 0.1) is 0 Å². The van der Waals surface area contributed by atoms with Crippen LogP contribution >= 0.6 is 34.5 Å². The third kappa shape index (κ3) is 6.00. The number of aromatic nitrogens is 2. The Balaban J connectivity index is 1.73. The van der Waals surface area contributed by atoms with Crippen molar-refractivity contribution in [1.29, 1.82) is 0 Å². The number of nitrogens with one attached hydrogen (secondary N) is 2. The summed E-state index contributed by atoms with van der Waals surface area (Å²) >= 11 is 13.0. The van der Waals surface area contributed by atoms with E-state index >= 15 is 0 Å². The Morgan fingerprint density at radius 1 is 1.03 bits per heavy atom. The Labute approximate surface area is 182 Å². The summed E-state index contributed by atoms with van der Waals surface area (Å²) in [5, 5.41) is 14.4. The molecule has 0 spiro atoms. The number of alkyl halides is 1. The third-order valence-corrected chi connectivity index (χ3v) is 5.36. The van der Waals surface area contributed by atoms with E-state index in [9.17, 15) is 9.59 Å². The minimum Gasteiger partial charge on any atom is -0.343 e. The van der Waals surface area contributed by atoms with E-state index in [0.29, 0.717) is 21.6 Å². The molecular formula is C20H18Cl2N4O2S. The van der Waals surface area contributed by atoms with Crippen LogP contribution in [-0.4, -0.2) is 33.4 Å². The number of carbonyl (C=O) groups is 2. The minimum absolute atomic E-state index is 0.324. The fourth-order valence-corrected chi connectivity index (χ4v) is 3.46. The lowest BCUT2D eigenvalue weighted by Crippen LogP contribution is -2.47. The highest BCUT2D eigenvalue weighted by Crippen LogP contribution is 2.27. The molecule has 9 heteroatoms. The molecule has 0 fully saturated rings. The quantitative estimate of drug-likeness (QED) is 0.531. The summed E-state index contributed by atoms with van der Waals surface area (Å²) in [4.78, 5) is 24.9. The van der Waals surface area contributed by atoms with Gasteiger partial charge in [-0.2, -0.15) is 0 Å². The average molecular weight is 449 g/mol. The molecule has 3 aromatic rings. The Hall–Kier alpha value is -2.48. The van der Waals surface area contributed by atoms with E-state index < -0.39 is 23.2 Å². The van der Waals surface area contributed by atoms with Gasteiger partial charge in [-0.25, -0.2) is 0 Å². The third-order valence-electron chi connectivity index (χ3n) is 4.02. The van der Waals surface area contributed by atoms with Crippen molar-refractivity contribution in [1.82, 2.24) is 15.5 Å². The predicted molar refractivity (Wildman–Crippen MR) is 116 cm³/mol. The summed E-state index contributed by atoms with van der Waals surface area (Å²) < 4.78 is 0. The van der Waals surface area contributed by atoms with Crippen LogP contribution in [0, 0.1) is 0 Å². The molecule has 3 rings (SSSR count). The number of amides is 2. The summed E-state index contributed by atoms with van der Waals surface area (Å²) in [7, 11) is 0. The van der Waals surface area contributed by atoms with Crippen molar-refractivity contribution in [2.24, 2.45) is 0 Å². The average Bonchev–Trinajstić information content (AvgIpc) is 3.17. The zero-order valence-electron chi connectivity index (χ0n) is 15.4. The number of benzene rings is 2. The topological polar surface area (TPSA) is 84.0 Å². The molecule has 0 aliphatic carbocycles. The molecule has 150 valence electrons. The summed E-state index contributed by atoms with van der Waals surface area (Å²) in [5.41, 5.74) is 1.76. The van der Waals surface area contributed by atoms with Crippen LogP contribution < -0.4 is 10.6 Å². The first-order chi connectivity index (χ1) is 13.9. The van der Waals surface area contributed by atoms with Crippen LogP contribution in [0.25, 0.3) is 10.6 Å². The second-order valence-electron chi connectivity index (χ2n) is 6.28. The van der Waals surface area contributed by atoms with Crippen LogP contribution in [0.15, 0.2) is 54.6 Å². The van der Waals surface area contributed by atoms with Crippen molar-refractivity contribution in [3.05, 3.63) is 65.2 Å². The van der Waals surface area contributed by atoms with Gasteiger partial charge in [-0.1, -0.05) is 65.4 Å². The maximum absolute atomic E-state index is 12.8. The highest BCUT2D eigenvalue weighted by atomic mass is 35.5. The second kappa shape index (κ2) is 9.82. The number of hydrogen-bond acceptors (Lipinski definition) is 5. The molecule has 2 aromatic carbocycles. The van der Waals surface area contributed by atoms with Gasteiger partial charge in [-0.05, 0) is 24.6 Å². The lowest BCUT2D eigenvalue weighted by atomic mass is 10.1. The van der Waals surface area contributed by atoms with Crippen molar-refractivity contribution in [3.63, 3.8) is 0 Å². The summed E-state index contributed by atoms with van der Waals surface area (Å²) in [5.74, 6) is -0.805. The zero-order chi connectivity index (χ0) is 20.8. The van der Waals surface area contributed by atoms with E-state index in [1.165, 1.54) is 11.3 Å². The number of rotatable bonds is 7. The van der Waals surface area contributed by atoms with Gasteiger partial charge in [0.2, 0.25) is 16.9 Å². The van der Waals surface area contributed by atoms with Crippen molar-refractivity contribution < 1.29 is 9.59 Å². The molecule has 1 aromatic heterocycles. The van der Waals surface area contributed by atoms with Gasteiger partial charge in [-0.3, -0.25) is 14.9 Å². The Kier molecular flexibility index (Phi) is 7.19. The first-order valence-corrected chi connectivity index (χ1v) is 10.4. The van der Waals surface area contributed by atoms with Crippen molar-refractivity contribution in [3.8, 4) is 10.6 Å². The summed E-state index contributed by atoms with van der Waals surface area (Å²) in [6.45, 7) is 1.55. The van der Waals surface area contributed by atoms with Gasteiger partial charge >= 0.3 is 0 Å². The van der Waals surface area contributed by atoms with Gasteiger partial charge in [0.25, 0.3) is 0 Å². The highest BCUT2D eigenvalue weighted by Gasteiger charge is 2.24. The molecule has 2 atom stereocenters. The van der Waals surface area contributed by atoms with E-state index in [1.807, 2.05) is 42.5 Å². The number of carbonyl (C=O) groups excluding carboxylic acids is 2. The fourth-order valence-electron chi connectivity index (χ4n) is 2.52. The first kappa shape index (κ1) is 21.2. The van der Waals surface area contributed by atoms with Crippen LogP contribution in [0.5, 0.6) is 0 Å². The molecule has 6 nitrogen and oxygen atoms in total. The van der Waals surface area contributed by atoms with Gasteiger partial charge in [0.1, 0.15) is 16.4 Å². The Morgan fingerprint density at radius 3 is 2.38 bits per heavy atom. The van der Waals surface area contributed by atoms with E-state index in [0.717, 1.165) is 11.1 Å². The Morgan fingerprint density at radius 2 is 1.72 bits per heavy atom. The van der Waals surface area contributed by atoms with E-state index in [-0.39, 0.29) is 0 Å². The summed E-state index contributed by atoms with van der Waals surface area (Å²) in [6.07, 6.45) is 0.324. The van der Waals surface area contributed by atoms with Crippen LogP contribution in [0.4, 0.5) is 5.13 Å². The lowest BCUT2D eigenvalue weighted by Gasteiger charge is -2.18. The lowest BCUT2D eigenvalue weighted by molar-refractivity contribution is -0.126. The molecule has 29 heavy (non-hydrogen) atoms. The molecule has 2 amide bonds. The molecule has 0 saturated carbocycles. The van der Waals surface area contributed by atoms with Crippen molar-refractivity contribution >= 4 is 51.5 Å². The van der Waals surface area contributed by atoms with Crippen LogP contribution in [0.2, 0.25) is 5.02 Å². The fraction of sp³-hybridized carbons (Fsp3) is 0.200. The van der Waals surface area contributed by atoms with E-state index in [4.69, 9.17) is 23.2 Å². The SMILES string of the molecule is C[C@H](Cl)C(=O)N[C@H](Cc1ccccc1)C(=O)Nc1nnc(-c2ccc(Cl)cc2)s1. The molecule has 0 aliphatic heterocycles. The largest absolute Gasteiger partial charge is 0.343 e. The first-order valence-electron chi connectivity index (χ1n) is 8.81. The number of nitrogens with zero attached hydrogens (tertiary/aromatic N) is 2. The molecule has 2 N–H and O–H groups in total. The molecule has 0 unspecified atom stereocenters. The number of hydrogen-bond donors (Lipinski definition) is 2. The van der Waals surface area contributed by atoms with E-state index in [1.54, 1.807) is 19.1 Å². The Bertz CT molecular complexity index is 978. The molecule has 1 heterocycles. The highest BCUT2D eigenvalue weighted by molar-refractivity contribution is 7.18. The van der Waals surface area contributed by atoms with Crippen LogP contribution in [0.1, 0.15) is 12.5 Å². The van der Waals surface area contributed by atoms with Crippen molar-refractivity contribution in [2.45, 2.75) is 24.8 Å². The molecule has 0 bridgehead atoms. The zero-order valence-corrected chi connectivity index (χ0v) is 17.8. The second-order valence-corrected chi connectivity index (χ2v) is 8.34. The molecule has 0 radical (unpaired) electrons. The van der Waals surface area contributed by atoms with E-state index in [2.05, 4.69) is 20.8 Å². The molecule has 0 aliphatic rings. The van der Waals surface area contributed by atoms with Crippen LogP contribution in [0.3, 0.4) is 0 Å². The smallest absolute Gasteiger partial charge is 0.249 e. The predicted octanol–water partition coefficient (Wildman–Crippen LogP) is 4.15. The van der Waals surface area contributed by atoms with Gasteiger partial charge in [0, 0.05) is 17.0 Å². The van der Waals surface area contributed by atoms with Crippen molar-refractivity contribution in [2.75, 3.05) is 5.32 Å². The number of anilines is 1. The van der Waals surface area contributed by atoms with Gasteiger partial charge in [-0.15, -0.1) is 21.8 Å². The monoisotopic (exact) mass is 448 g/mol. The number of halogens is 2. The molecular weight excluding hydrogens is 431 g/mol. The standard InChI is InChI=1S/C20H18Cl2N4O2S/c1-12(21)17(27)23-16(11-13-5-3-2-4-6-13)18(28)24-20-26-25-19(29-20)14-7-9-15(22)10-8-14/h2-10,12,16H,11H2,1H3,(H,23,27)(H,24,26,28)/t12-,16+/m0/s1. The summed E-state index contributed by atoms with van der Waals surface area (Å²) in [6, 6.07) is 15.8. The maximum atomic E-state index is 12.8. The minimum atomic E-state index is -0.797. The van der Waals surface area contributed by atoms with Gasteiger partial charge in [0.15, 0.2) is 0 Å². The maximum Gasteiger partial charge on any atom is 0.249 e.